The van der Waals surface area contributed by atoms with E-state index in [9.17, 15) is 14.8 Å². The zero-order valence-corrected chi connectivity index (χ0v) is 13.6. The average molecular weight is 322 g/mol. The summed E-state index contributed by atoms with van der Waals surface area (Å²) in [6.45, 7) is 2.84. The second-order valence-corrected chi connectivity index (χ2v) is 6.60. The quantitative estimate of drug-likeness (QED) is 0.346. The maximum atomic E-state index is 12.7. The minimum absolute atomic E-state index is 0.00674. The summed E-state index contributed by atoms with van der Waals surface area (Å²) in [7, 11) is 0. The lowest BCUT2D eigenvalue weighted by Crippen LogP contribution is -2.45. The number of hydroxylamine groups is 2. The van der Waals surface area contributed by atoms with Crippen molar-refractivity contribution in [2.75, 3.05) is 18.0 Å². The highest BCUT2D eigenvalue weighted by Gasteiger charge is 2.34. The van der Waals surface area contributed by atoms with E-state index in [1.54, 1.807) is 4.90 Å². The summed E-state index contributed by atoms with van der Waals surface area (Å²) in [5, 5.41) is 9.47. The zero-order chi connectivity index (χ0) is 15.9. The summed E-state index contributed by atoms with van der Waals surface area (Å²) in [5.41, 5.74) is 0.931. The van der Waals surface area contributed by atoms with Crippen LogP contribution in [0.4, 0.5) is 5.69 Å². The number of carbonyl (C=O) groups is 2. The molecule has 22 heavy (non-hydrogen) atoms. The van der Waals surface area contributed by atoms with Crippen LogP contribution in [-0.4, -0.2) is 40.9 Å². The van der Waals surface area contributed by atoms with E-state index in [4.69, 9.17) is 0 Å². The van der Waals surface area contributed by atoms with Crippen LogP contribution in [0.5, 0.6) is 0 Å². The smallest absolute Gasteiger partial charge is 0.242 e. The summed E-state index contributed by atoms with van der Waals surface area (Å²) >= 11 is 1.40. The number of amides is 2. The van der Waals surface area contributed by atoms with Crippen molar-refractivity contribution in [1.29, 1.82) is 0 Å². The Morgan fingerprint density at radius 2 is 2.09 bits per heavy atom. The first-order valence-electron chi connectivity index (χ1n) is 7.65. The first-order valence-corrected chi connectivity index (χ1v) is 8.53. The van der Waals surface area contributed by atoms with E-state index in [1.165, 1.54) is 11.8 Å². The number of nitrogens with zero attached hydrogens (tertiary/aromatic N) is 2. The summed E-state index contributed by atoms with van der Waals surface area (Å²) < 4.78 is 0. The molecule has 0 radical (unpaired) electrons. The Bertz CT molecular complexity index is 524. The molecule has 0 aliphatic carbocycles. The average Bonchev–Trinajstić information content (AvgIpc) is 2.54. The van der Waals surface area contributed by atoms with E-state index in [1.807, 2.05) is 24.3 Å². The Morgan fingerprint density at radius 1 is 1.32 bits per heavy atom. The molecule has 1 aromatic carbocycles. The Labute approximate surface area is 135 Å². The van der Waals surface area contributed by atoms with E-state index in [0.717, 1.165) is 36.3 Å². The molecule has 1 unspecified atom stereocenters. The van der Waals surface area contributed by atoms with Crippen LogP contribution in [0.25, 0.3) is 0 Å². The predicted octanol–water partition coefficient (Wildman–Crippen LogP) is 2.92. The molecule has 2 amide bonds. The molecule has 0 spiro atoms. The first-order chi connectivity index (χ1) is 10.7. The monoisotopic (exact) mass is 322 g/mol. The van der Waals surface area contributed by atoms with Gasteiger partial charge in [0.15, 0.2) is 0 Å². The standard InChI is InChI=1S/C16H22N2O3S/c1-2-3-4-7-10-18-13-8-5-6-9-14(13)22-15(16(18)20)11-17(21)12-19/h5-6,8-9,12,15,21H,2-4,7,10-11H2,1H3. The summed E-state index contributed by atoms with van der Waals surface area (Å²) in [6, 6.07) is 7.79. The van der Waals surface area contributed by atoms with Gasteiger partial charge in [-0.15, -0.1) is 11.8 Å². The fraction of sp³-hybridized carbons (Fsp3) is 0.500. The zero-order valence-electron chi connectivity index (χ0n) is 12.8. The SMILES string of the molecule is CCCCCCN1C(=O)C(CN(O)C=O)Sc2ccccc21. The lowest BCUT2D eigenvalue weighted by molar-refractivity contribution is -0.150. The third kappa shape index (κ3) is 4.01. The Hall–Kier alpha value is -1.53. The van der Waals surface area contributed by atoms with Crippen LogP contribution in [0.2, 0.25) is 0 Å². The molecule has 1 aromatic rings. The number of thioether (sulfide) groups is 1. The van der Waals surface area contributed by atoms with Gasteiger partial charge in [-0.3, -0.25) is 14.8 Å². The molecule has 0 bridgehead atoms. The van der Waals surface area contributed by atoms with Crippen molar-refractivity contribution in [3.8, 4) is 0 Å². The van der Waals surface area contributed by atoms with Crippen molar-refractivity contribution in [3.63, 3.8) is 0 Å². The molecular formula is C16H22N2O3S. The van der Waals surface area contributed by atoms with Gasteiger partial charge in [0.2, 0.25) is 12.3 Å². The van der Waals surface area contributed by atoms with Crippen LogP contribution in [0.1, 0.15) is 32.6 Å². The van der Waals surface area contributed by atoms with Gasteiger partial charge in [0.25, 0.3) is 0 Å². The topological polar surface area (TPSA) is 60.9 Å². The van der Waals surface area contributed by atoms with Crippen LogP contribution in [-0.2, 0) is 9.59 Å². The Balaban J connectivity index is 2.13. The second kappa shape index (κ2) is 8.19. The molecule has 120 valence electrons. The lowest BCUT2D eigenvalue weighted by atomic mass is 10.1. The van der Waals surface area contributed by atoms with Gasteiger partial charge in [-0.25, -0.2) is 5.06 Å². The van der Waals surface area contributed by atoms with Crippen LogP contribution < -0.4 is 4.90 Å². The van der Waals surface area contributed by atoms with Crippen LogP contribution in [0.15, 0.2) is 29.2 Å². The van der Waals surface area contributed by atoms with Crippen molar-refractivity contribution in [3.05, 3.63) is 24.3 Å². The molecule has 0 aromatic heterocycles. The number of unbranched alkanes of at least 4 members (excludes halogenated alkanes) is 3. The van der Waals surface area contributed by atoms with Crippen molar-refractivity contribution < 1.29 is 14.8 Å². The molecule has 0 saturated heterocycles. The molecule has 0 saturated carbocycles. The minimum Gasteiger partial charge on any atom is -0.310 e. The molecule has 1 N–H and O–H groups in total. The fourth-order valence-electron chi connectivity index (χ4n) is 2.53. The second-order valence-electron chi connectivity index (χ2n) is 5.35. The van der Waals surface area contributed by atoms with Gasteiger partial charge in [-0.05, 0) is 18.6 Å². The third-order valence-corrected chi connectivity index (χ3v) is 4.91. The first kappa shape index (κ1) is 16.8. The maximum absolute atomic E-state index is 12.7. The van der Waals surface area contributed by atoms with E-state index in [0.29, 0.717) is 18.0 Å². The number of anilines is 1. The van der Waals surface area contributed by atoms with Crippen molar-refractivity contribution in [1.82, 2.24) is 5.06 Å². The van der Waals surface area contributed by atoms with Crippen molar-refractivity contribution in [2.45, 2.75) is 42.8 Å². The minimum atomic E-state index is -0.462. The highest BCUT2D eigenvalue weighted by atomic mass is 32.2. The number of hydrogen-bond acceptors (Lipinski definition) is 4. The van der Waals surface area contributed by atoms with E-state index in [2.05, 4.69) is 6.92 Å². The van der Waals surface area contributed by atoms with Gasteiger partial charge in [0, 0.05) is 11.4 Å². The van der Waals surface area contributed by atoms with Gasteiger partial charge in [0.05, 0.1) is 12.2 Å². The molecule has 0 fully saturated rings. The molecule has 6 heteroatoms. The largest absolute Gasteiger partial charge is 0.310 e. The fourth-order valence-corrected chi connectivity index (χ4v) is 3.75. The molecule has 1 heterocycles. The van der Waals surface area contributed by atoms with Gasteiger partial charge in [-0.1, -0.05) is 38.3 Å². The van der Waals surface area contributed by atoms with Gasteiger partial charge in [-0.2, -0.15) is 0 Å². The normalized spacial score (nSPS) is 17.3. The van der Waals surface area contributed by atoms with E-state index >= 15 is 0 Å². The number of carbonyl (C=O) groups excluding carboxylic acids is 2. The van der Waals surface area contributed by atoms with Gasteiger partial charge < -0.3 is 4.90 Å². The summed E-state index contributed by atoms with van der Waals surface area (Å²) in [4.78, 5) is 26.1. The lowest BCUT2D eigenvalue weighted by Gasteiger charge is -2.34. The summed E-state index contributed by atoms with van der Waals surface area (Å²) in [5.74, 6) is -0.0406. The van der Waals surface area contributed by atoms with Gasteiger partial charge in [0.1, 0.15) is 5.25 Å². The highest BCUT2D eigenvalue weighted by Crippen LogP contribution is 2.39. The van der Waals surface area contributed by atoms with Crippen molar-refractivity contribution in [2.24, 2.45) is 0 Å². The molecule has 5 nitrogen and oxygen atoms in total. The molecule has 2 rings (SSSR count). The Kier molecular flexibility index (Phi) is 6.27. The van der Waals surface area contributed by atoms with Gasteiger partial charge >= 0.3 is 0 Å². The summed E-state index contributed by atoms with van der Waals surface area (Å²) in [6.07, 6.45) is 4.71. The number of benzene rings is 1. The third-order valence-electron chi connectivity index (χ3n) is 3.68. The van der Waals surface area contributed by atoms with E-state index < -0.39 is 5.25 Å². The highest BCUT2D eigenvalue weighted by molar-refractivity contribution is 8.01. The molecule has 1 aliphatic heterocycles. The van der Waals surface area contributed by atoms with Crippen LogP contribution in [0.3, 0.4) is 0 Å². The molecular weight excluding hydrogens is 300 g/mol. The predicted molar refractivity (Wildman–Crippen MR) is 87.1 cm³/mol. The molecule has 1 atom stereocenters. The van der Waals surface area contributed by atoms with Crippen LogP contribution in [0, 0.1) is 0 Å². The molecule has 1 aliphatic rings. The number of rotatable bonds is 8. The number of hydrogen-bond donors (Lipinski definition) is 1. The van der Waals surface area contributed by atoms with Crippen LogP contribution >= 0.6 is 11.8 Å². The number of fused-ring (bicyclic) bond motifs is 1. The number of para-hydroxylation sites is 1. The van der Waals surface area contributed by atoms with Crippen molar-refractivity contribution >= 4 is 29.8 Å². The van der Waals surface area contributed by atoms with E-state index in [-0.39, 0.29) is 12.5 Å². The Morgan fingerprint density at radius 3 is 2.82 bits per heavy atom. The maximum Gasteiger partial charge on any atom is 0.242 e.